The molecule has 0 unspecified atom stereocenters. The summed E-state index contributed by atoms with van der Waals surface area (Å²) in [6, 6.07) is 5.72. The number of nitrogens with zero attached hydrogens (tertiary/aromatic N) is 3. The molecule has 1 aromatic carbocycles. The highest BCUT2D eigenvalue weighted by Crippen LogP contribution is 2.29. The van der Waals surface area contributed by atoms with E-state index in [1.165, 1.54) is 0 Å². The molecule has 96 valence electrons. The zero-order valence-electron chi connectivity index (χ0n) is 10.7. The summed E-state index contributed by atoms with van der Waals surface area (Å²) in [5.74, 6) is 0. The summed E-state index contributed by atoms with van der Waals surface area (Å²) in [5, 5.41) is 7.10. The van der Waals surface area contributed by atoms with Crippen molar-refractivity contribution in [2.45, 2.75) is 13.8 Å². The number of nitrogens with two attached hydrogens (primary N) is 1. The first-order chi connectivity index (χ1) is 9.09. The normalized spacial score (nSPS) is 11.1. The number of nitrogen functional groups attached to an aromatic ring is 1. The zero-order chi connectivity index (χ0) is 13.6. The minimum absolute atomic E-state index is 0.689. The lowest BCUT2D eigenvalue weighted by Crippen LogP contribution is -2.01. The number of benzene rings is 1. The molecule has 0 saturated carbocycles. The number of pyridine rings is 1. The smallest absolute Gasteiger partial charge is 0.0848 e. The molecule has 2 aromatic heterocycles. The Bertz CT molecular complexity index is 776. The van der Waals surface area contributed by atoms with Gasteiger partial charge in [-0.3, -0.25) is 4.98 Å². The second-order valence-corrected chi connectivity index (χ2v) is 4.87. The van der Waals surface area contributed by atoms with Crippen LogP contribution in [-0.4, -0.2) is 14.8 Å². The molecule has 0 aliphatic heterocycles. The third kappa shape index (κ3) is 1.76. The van der Waals surface area contributed by atoms with Gasteiger partial charge in [-0.25, -0.2) is 4.68 Å². The second-order valence-electron chi connectivity index (χ2n) is 4.49. The lowest BCUT2D eigenvalue weighted by Gasteiger charge is -2.10. The van der Waals surface area contributed by atoms with Gasteiger partial charge in [0.1, 0.15) is 0 Å². The van der Waals surface area contributed by atoms with E-state index in [2.05, 4.69) is 10.1 Å². The van der Waals surface area contributed by atoms with Crippen LogP contribution in [0.2, 0.25) is 5.02 Å². The van der Waals surface area contributed by atoms with E-state index in [1.807, 2.05) is 36.7 Å². The Labute approximate surface area is 115 Å². The van der Waals surface area contributed by atoms with E-state index in [1.54, 1.807) is 12.4 Å². The number of halogens is 1. The third-order valence-corrected chi connectivity index (χ3v) is 3.81. The molecule has 3 rings (SSSR count). The largest absolute Gasteiger partial charge is 0.398 e. The van der Waals surface area contributed by atoms with Crippen molar-refractivity contribution < 1.29 is 0 Å². The van der Waals surface area contributed by atoms with Gasteiger partial charge in [0, 0.05) is 28.9 Å². The minimum atomic E-state index is 0.689. The number of rotatable bonds is 1. The highest BCUT2D eigenvalue weighted by molar-refractivity contribution is 6.31. The molecule has 4 nitrogen and oxygen atoms in total. The number of aryl methyl sites for hydroxylation is 1. The van der Waals surface area contributed by atoms with Crippen molar-refractivity contribution in [1.82, 2.24) is 14.8 Å². The van der Waals surface area contributed by atoms with E-state index in [9.17, 15) is 0 Å². The molecular weight excluding hydrogens is 260 g/mol. The predicted octanol–water partition coefficient (Wildman–Crippen LogP) is 3.27. The molecule has 0 saturated heterocycles. The Kier molecular flexibility index (Phi) is 2.68. The van der Waals surface area contributed by atoms with Gasteiger partial charge in [0.2, 0.25) is 0 Å². The predicted molar refractivity (Wildman–Crippen MR) is 77.8 cm³/mol. The SMILES string of the molecule is Cc1nn(-c2ccc(N)c3ccncc23)c(C)c1Cl. The lowest BCUT2D eigenvalue weighted by atomic mass is 10.1. The van der Waals surface area contributed by atoms with Crippen LogP contribution in [0.3, 0.4) is 0 Å². The van der Waals surface area contributed by atoms with Crippen molar-refractivity contribution in [1.29, 1.82) is 0 Å². The lowest BCUT2D eigenvalue weighted by molar-refractivity contribution is 0.839. The van der Waals surface area contributed by atoms with E-state index in [0.29, 0.717) is 5.02 Å². The van der Waals surface area contributed by atoms with Crippen molar-refractivity contribution in [3.05, 3.63) is 47.0 Å². The van der Waals surface area contributed by atoms with E-state index >= 15 is 0 Å². The van der Waals surface area contributed by atoms with Crippen LogP contribution in [0.1, 0.15) is 11.4 Å². The van der Waals surface area contributed by atoms with Crippen molar-refractivity contribution >= 4 is 28.1 Å². The number of hydrogen-bond donors (Lipinski definition) is 1. The van der Waals surface area contributed by atoms with Gasteiger partial charge in [0.25, 0.3) is 0 Å². The molecule has 19 heavy (non-hydrogen) atoms. The van der Waals surface area contributed by atoms with Crippen molar-refractivity contribution in [2.24, 2.45) is 0 Å². The fourth-order valence-electron chi connectivity index (χ4n) is 2.24. The quantitative estimate of drug-likeness (QED) is 0.692. The maximum absolute atomic E-state index is 6.21. The van der Waals surface area contributed by atoms with Gasteiger partial charge in [0.15, 0.2) is 0 Å². The summed E-state index contributed by atoms with van der Waals surface area (Å²) in [5.41, 5.74) is 9.38. The Morgan fingerprint density at radius 3 is 2.63 bits per heavy atom. The fourth-order valence-corrected chi connectivity index (χ4v) is 2.36. The van der Waals surface area contributed by atoms with Gasteiger partial charge in [-0.1, -0.05) is 11.6 Å². The van der Waals surface area contributed by atoms with Crippen LogP contribution < -0.4 is 5.73 Å². The Hall–Kier alpha value is -2.07. The van der Waals surface area contributed by atoms with Gasteiger partial charge in [0.05, 0.1) is 22.1 Å². The van der Waals surface area contributed by atoms with E-state index in [0.717, 1.165) is 33.5 Å². The summed E-state index contributed by atoms with van der Waals surface area (Å²) in [6.07, 6.45) is 3.53. The molecule has 0 atom stereocenters. The molecule has 2 heterocycles. The monoisotopic (exact) mass is 272 g/mol. The molecule has 2 N–H and O–H groups in total. The van der Waals surface area contributed by atoms with Crippen molar-refractivity contribution in [2.75, 3.05) is 5.73 Å². The maximum atomic E-state index is 6.21. The van der Waals surface area contributed by atoms with Crippen LogP contribution in [0, 0.1) is 13.8 Å². The first kappa shape index (κ1) is 12.0. The van der Waals surface area contributed by atoms with E-state index in [4.69, 9.17) is 17.3 Å². The number of fused-ring (bicyclic) bond motifs is 1. The van der Waals surface area contributed by atoms with Crippen LogP contribution in [-0.2, 0) is 0 Å². The molecule has 5 heteroatoms. The molecule has 0 amide bonds. The standard InChI is InChI=1S/C14H13ClN4/c1-8-14(15)9(2)19(18-8)13-4-3-12(16)10-5-6-17-7-11(10)13/h3-7H,16H2,1-2H3. The molecular formula is C14H13ClN4. The third-order valence-electron chi connectivity index (χ3n) is 3.26. The van der Waals surface area contributed by atoms with Gasteiger partial charge in [-0.15, -0.1) is 0 Å². The molecule has 0 spiro atoms. The van der Waals surface area contributed by atoms with E-state index < -0.39 is 0 Å². The fraction of sp³-hybridized carbons (Fsp3) is 0.143. The van der Waals surface area contributed by atoms with Crippen molar-refractivity contribution in [3.63, 3.8) is 0 Å². The van der Waals surface area contributed by atoms with E-state index in [-0.39, 0.29) is 0 Å². The highest BCUT2D eigenvalue weighted by Gasteiger charge is 2.13. The Balaban J connectivity index is 2.37. The van der Waals surface area contributed by atoms with Gasteiger partial charge in [-0.05, 0) is 32.0 Å². The van der Waals surface area contributed by atoms with Crippen LogP contribution in [0.4, 0.5) is 5.69 Å². The average molecular weight is 273 g/mol. The molecule has 3 aromatic rings. The molecule has 0 fully saturated rings. The van der Waals surface area contributed by atoms with Crippen LogP contribution in [0.25, 0.3) is 16.5 Å². The average Bonchev–Trinajstić information content (AvgIpc) is 2.67. The Morgan fingerprint density at radius 1 is 1.16 bits per heavy atom. The molecule has 0 aliphatic rings. The summed E-state index contributed by atoms with van der Waals surface area (Å²) in [6.45, 7) is 3.84. The molecule has 0 aliphatic carbocycles. The number of aromatic nitrogens is 3. The number of anilines is 1. The number of hydrogen-bond acceptors (Lipinski definition) is 3. The molecule has 0 bridgehead atoms. The zero-order valence-corrected chi connectivity index (χ0v) is 11.4. The summed E-state index contributed by atoms with van der Waals surface area (Å²) in [7, 11) is 0. The molecule has 0 radical (unpaired) electrons. The van der Waals surface area contributed by atoms with Crippen LogP contribution >= 0.6 is 11.6 Å². The van der Waals surface area contributed by atoms with Gasteiger partial charge < -0.3 is 5.73 Å². The van der Waals surface area contributed by atoms with Gasteiger partial charge in [-0.2, -0.15) is 5.10 Å². The summed E-state index contributed by atoms with van der Waals surface area (Å²) < 4.78 is 1.83. The Morgan fingerprint density at radius 2 is 1.95 bits per heavy atom. The van der Waals surface area contributed by atoms with Crippen LogP contribution in [0.5, 0.6) is 0 Å². The van der Waals surface area contributed by atoms with Crippen molar-refractivity contribution in [3.8, 4) is 5.69 Å². The first-order valence-corrected chi connectivity index (χ1v) is 6.31. The van der Waals surface area contributed by atoms with Crippen LogP contribution in [0.15, 0.2) is 30.6 Å². The highest BCUT2D eigenvalue weighted by atomic mass is 35.5. The minimum Gasteiger partial charge on any atom is -0.398 e. The maximum Gasteiger partial charge on any atom is 0.0848 e. The topological polar surface area (TPSA) is 56.7 Å². The van der Waals surface area contributed by atoms with Gasteiger partial charge >= 0.3 is 0 Å². The first-order valence-electron chi connectivity index (χ1n) is 5.94. The summed E-state index contributed by atoms with van der Waals surface area (Å²) >= 11 is 6.21. The summed E-state index contributed by atoms with van der Waals surface area (Å²) in [4.78, 5) is 4.17. The second kappa shape index (κ2) is 4.24.